The maximum atomic E-state index is 12.9. The summed E-state index contributed by atoms with van der Waals surface area (Å²) in [6.45, 7) is -0.160. The zero-order valence-electron chi connectivity index (χ0n) is 18.6. The fourth-order valence-corrected chi connectivity index (χ4v) is 3.46. The highest BCUT2D eigenvalue weighted by atomic mass is 35.5. The molecule has 9 heteroatoms. The number of rotatable bonds is 9. The van der Waals surface area contributed by atoms with Crippen LogP contribution < -0.4 is 5.32 Å². The fraction of sp³-hybridized carbons (Fsp3) is 0.154. The Kier molecular flexibility index (Phi) is 8.08. The van der Waals surface area contributed by atoms with Crippen molar-refractivity contribution in [2.75, 3.05) is 0 Å². The molecule has 0 aliphatic rings. The molecule has 1 atom stereocenters. The Labute approximate surface area is 206 Å². The van der Waals surface area contributed by atoms with Gasteiger partial charge in [-0.15, -0.1) is 0 Å². The summed E-state index contributed by atoms with van der Waals surface area (Å²) in [5, 5.41) is 6.89. The van der Waals surface area contributed by atoms with Gasteiger partial charge in [0.05, 0.1) is 10.6 Å². The summed E-state index contributed by atoms with van der Waals surface area (Å²) in [5.41, 5.74) is 2.25. The predicted molar refractivity (Wildman–Crippen MR) is 128 cm³/mol. The molecule has 4 aromatic rings. The summed E-state index contributed by atoms with van der Waals surface area (Å²) in [4.78, 5) is 29.5. The molecule has 0 aliphatic heterocycles. The van der Waals surface area contributed by atoms with Crippen molar-refractivity contribution in [1.82, 2.24) is 15.5 Å². The Morgan fingerprint density at radius 3 is 2.23 bits per heavy atom. The summed E-state index contributed by atoms with van der Waals surface area (Å²) in [5.74, 6) is -0.280. The van der Waals surface area contributed by atoms with Gasteiger partial charge in [-0.3, -0.25) is 0 Å². The summed E-state index contributed by atoms with van der Waals surface area (Å²) >= 11 is 6.16. The molecule has 178 valence electrons. The lowest BCUT2D eigenvalue weighted by Gasteiger charge is -2.17. The van der Waals surface area contributed by atoms with Crippen molar-refractivity contribution < 1.29 is 23.6 Å². The van der Waals surface area contributed by atoms with E-state index in [1.807, 2.05) is 60.7 Å². The first-order chi connectivity index (χ1) is 17.1. The number of benzene rings is 3. The normalized spacial score (nSPS) is 11.5. The molecule has 0 spiro atoms. The van der Waals surface area contributed by atoms with Gasteiger partial charge in [0, 0.05) is 6.42 Å². The van der Waals surface area contributed by atoms with Crippen LogP contribution in [0, 0.1) is 0 Å². The minimum Gasteiger partial charge on any atom is -0.456 e. The van der Waals surface area contributed by atoms with Crippen molar-refractivity contribution in [3.8, 4) is 11.5 Å². The molecule has 0 radical (unpaired) electrons. The molecule has 0 bridgehead atoms. The molecule has 0 aliphatic carbocycles. The van der Waals surface area contributed by atoms with Crippen LogP contribution in [0.25, 0.3) is 11.5 Å². The number of halogens is 1. The molecule has 0 unspecified atom stereocenters. The van der Waals surface area contributed by atoms with Gasteiger partial charge in [-0.25, -0.2) is 9.59 Å². The molecule has 8 nitrogen and oxygen atoms in total. The molecule has 0 saturated heterocycles. The first-order valence-corrected chi connectivity index (χ1v) is 11.2. The topological polar surface area (TPSA) is 104 Å². The second-order valence-corrected chi connectivity index (χ2v) is 7.96. The second-order valence-electron chi connectivity index (χ2n) is 7.55. The van der Waals surface area contributed by atoms with Crippen LogP contribution >= 0.6 is 11.6 Å². The first kappa shape index (κ1) is 24.0. The van der Waals surface area contributed by atoms with E-state index in [1.54, 1.807) is 24.3 Å². The Hall–Kier alpha value is -4.17. The summed E-state index contributed by atoms with van der Waals surface area (Å²) < 4.78 is 15.9. The van der Waals surface area contributed by atoms with E-state index in [4.69, 9.17) is 25.6 Å². The van der Waals surface area contributed by atoms with Gasteiger partial charge in [-0.05, 0) is 23.3 Å². The van der Waals surface area contributed by atoms with Crippen molar-refractivity contribution >= 4 is 23.7 Å². The van der Waals surface area contributed by atoms with Crippen molar-refractivity contribution in [2.24, 2.45) is 0 Å². The van der Waals surface area contributed by atoms with Gasteiger partial charge in [0.2, 0.25) is 5.82 Å². The number of nitrogens with zero attached hydrogens (tertiary/aromatic N) is 2. The minimum absolute atomic E-state index is 0.0768. The van der Waals surface area contributed by atoms with E-state index in [-0.39, 0.29) is 31.3 Å². The highest BCUT2D eigenvalue weighted by Gasteiger charge is 2.24. The van der Waals surface area contributed by atoms with Gasteiger partial charge in [0.1, 0.15) is 12.6 Å². The summed E-state index contributed by atoms with van der Waals surface area (Å²) in [7, 11) is 0. The third-order valence-electron chi connectivity index (χ3n) is 4.99. The first-order valence-electron chi connectivity index (χ1n) is 10.8. The van der Waals surface area contributed by atoms with Crippen LogP contribution in [0.3, 0.4) is 0 Å². The van der Waals surface area contributed by atoms with E-state index >= 15 is 0 Å². The number of aromatic nitrogens is 2. The molecular weight excluding hydrogens is 470 g/mol. The molecule has 1 aromatic heterocycles. The van der Waals surface area contributed by atoms with Gasteiger partial charge in [-0.2, -0.15) is 4.98 Å². The smallest absolute Gasteiger partial charge is 0.408 e. The number of hydrogen-bond acceptors (Lipinski definition) is 7. The number of ether oxygens (including phenoxy) is 2. The quantitative estimate of drug-likeness (QED) is 0.329. The molecule has 1 N–H and O–H groups in total. The minimum atomic E-state index is -0.976. The zero-order chi connectivity index (χ0) is 24.5. The highest BCUT2D eigenvalue weighted by molar-refractivity contribution is 6.33. The van der Waals surface area contributed by atoms with E-state index in [0.29, 0.717) is 10.6 Å². The lowest BCUT2D eigenvalue weighted by atomic mass is 10.1. The summed E-state index contributed by atoms with van der Waals surface area (Å²) in [6, 6.07) is 24.6. The van der Waals surface area contributed by atoms with Crippen molar-refractivity contribution in [3.63, 3.8) is 0 Å². The molecule has 35 heavy (non-hydrogen) atoms. The second kappa shape index (κ2) is 11.8. The van der Waals surface area contributed by atoms with Crippen LogP contribution in [0.15, 0.2) is 89.5 Å². The third kappa shape index (κ3) is 6.91. The average Bonchev–Trinajstić information content (AvgIpc) is 3.36. The van der Waals surface area contributed by atoms with E-state index < -0.39 is 18.1 Å². The zero-order valence-corrected chi connectivity index (χ0v) is 19.4. The van der Waals surface area contributed by atoms with Crippen LogP contribution in [0.5, 0.6) is 0 Å². The number of esters is 1. The number of amides is 1. The van der Waals surface area contributed by atoms with Gasteiger partial charge >= 0.3 is 12.1 Å². The molecule has 4 rings (SSSR count). The van der Waals surface area contributed by atoms with Gasteiger partial charge < -0.3 is 19.3 Å². The van der Waals surface area contributed by atoms with Crippen LogP contribution in [-0.2, 0) is 33.9 Å². The Bertz CT molecular complexity index is 1260. The van der Waals surface area contributed by atoms with Crippen LogP contribution in [-0.4, -0.2) is 28.2 Å². The lowest BCUT2D eigenvalue weighted by molar-refractivity contribution is -0.147. The third-order valence-corrected chi connectivity index (χ3v) is 5.32. The Balaban J connectivity index is 1.38. The highest BCUT2D eigenvalue weighted by Crippen LogP contribution is 2.25. The molecular formula is C26H22ClN3O5. The van der Waals surface area contributed by atoms with Gasteiger partial charge in [-0.1, -0.05) is 89.6 Å². The average molecular weight is 492 g/mol. The van der Waals surface area contributed by atoms with Crippen LogP contribution in [0.1, 0.15) is 17.0 Å². The van der Waals surface area contributed by atoms with E-state index in [0.717, 1.165) is 11.1 Å². The number of carbonyl (C=O) groups excluding carboxylic acids is 2. The largest absolute Gasteiger partial charge is 0.456 e. The van der Waals surface area contributed by atoms with Gasteiger partial charge in [0.25, 0.3) is 5.89 Å². The molecule has 3 aromatic carbocycles. The number of carbonyl (C=O) groups is 2. The van der Waals surface area contributed by atoms with Crippen molar-refractivity contribution in [3.05, 3.63) is 107 Å². The SMILES string of the molecule is O=C(N[C@@H](Cc1ccccc1)C(=O)OCc1noc(-c2ccccc2Cl)n1)OCc1ccccc1. The molecule has 0 fully saturated rings. The molecule has 1 amide bonds. The number of hydrogen-bond donors (Lipinski definition) is 1. The Morgan fingerprint density at radius 2 is 1.51 bits per heavy atom. The lowest BCUT2D eigenvalue weighted by Crippen LogP contribution is -2.43. The Morgan fingerprint density at radius 1 is 0.857 bits per heavy atom. The predicted octanol–water partition coefficient (Wildman–Crippen LogP) is 4.97. The van der Waals surface area contributed by atoms with Crippen LogP contribution in [0.2, 0.25) is 5.02 Å². The van der Waals surface area contributed by atoms with Crippen molar-refractivity contribution in [1.29, 1.82) is 0 Å². The number of nitrogens with one attached hydrogen (secondary N) is 1. The maximum absolute atomic E-state index is 12.9. The van der Waals surface area contributed by atoms with Crippen molar-refractivity contribution in [2.45, 2.75) is 25.7 Å². The fourth-order valence-electron chi connectivity index (χ4n) is 3.24. The monoisotopic (exact) mass is 491 g/mol. The summed E-state index contributed by atoms with van der Waals surface area (Å²) in [6.07, 6.45) is -0.510. The molecule has 1 heterocycles. The maximum Gasteiger partial charge on any atom is 0.408 e. The van der Waals surface area contributed by atoms with E-state index in [1.165, 1.54) is 0 Å². The standard InChI is InChI=1S/C26H22ClN3O5/c27-21-14-8-7-13-20(21)24-29-23(30-35-24)17-33-25(31)22(15-18-9-3-1-4-10-18)28-26(32)34-16-19-11-5-2-6-12-19/h1-14,22H,15-17H2,(H,28,32)/t22-/m0/s1. The molecule has 0 saturated carbocycles. The number of alkyl carbamates (subject to hydrolysis) is 1. The van der Waals surface area contributed by atoms with E-state index in [2.05, 4.69) is 15.5 Å². The van der Waals surface area contributed by atoms with E-state index in [9.17, 15) is 9.59 Å². The van der Waals surface area contributed by atoms with Crippen LogP contribution in [0.4, 0.5) is 4.79 Å². The van der Waals surface area contributed by atoms with Gasteiger partial charge in [0.15, 0.2) is 6.61 Å².